The van der Waals surface area contributed by atoms with Crippen LogP contribution in [0.5, 0.6) is 5.75 Å². The zero-order chi connectivity index (χ0) is 21.6. The first-order valence-corrected chi connectivity index (χ1v) is 10.5. The smallest absolute Gasteiger partial charge is 0.264 e. The Morgan fingerprint density at radius 1 is 1.17 bits per heavy atom. The van der Waals surface area contributed by atoms with Crippen molar-refractivity contribution in [3.05, 3.63) is 63.1 Å². The fourth-order valence-corrected chi connectivity index (χ4v) is 4.82. The Labute approximate surface area is 181 Å². The molecule has 0 spiro atoms. The monoisotopic (exact) mass is 478 g/mol. The SMILES string of the molecule is Cc1cc(F)cc(Br)c1C(=O)N[C@H]1CN(C(=O)C2Cc3ccc(F)cc3O2)C[C@H]1C. The number of carbonyl (C=O) groups is 2. The molecule has 1 fully saturated rings. The summed E-state index contributed by atoms with van der Waals surface area (Å²) in [6, 6.07) is 6.62. The highest BCUT2D eigenvalue weighted by Crippen LogP contribution is 2.31. The number of amides is 2. The predicted octanol–water partition coefficient (Wildman–Crippen LogP) is 3.62. The third-order valence-corrected chi connectivity index (χ3v) is 6.32. The third kappa shape index (κ3) is 3.93. The molecular weight excluding hydrogens is 458 g/mol. The summed E-state index contributed by atoms with van der Waals surface area (Å²) >= 11 is 3.25. The first-order valence-electron chi connectivity index (χ1n) is 9.73. The topological polar surface area (TPSA) is 58.6 Å². The van der Waals surface area contributed by atoms with Crippen molar-refractivity contribution in [3.63, 3.8) is 0 Å². The zero-order valence-electron chi connectivity index (χ0n) is 16.5. The van der Waals surface area contributed by atoms with E-state index in [9.17, 15) is 18.4 Å². The van der Waals surface area contributed by atoms with Crippen molar-refractivity contribution >= 4 is 27.7 Å². The maximum Gasteiger partial charge on any atom is 0.264 e. The van der Waals surface area contributed by atoms with Gasteiger partial charge in [0.15, 0.2) is 6.10 Å². The molecule has 4 rings (SSSR count). The number of ether oxygens (including phenoxy) is 1. The van der Waals surface area contributed by atoms with E-state index in [0.717, 1.165) is 5.56 Å². The zero-order valence-corrected chi connectivity index (χ0v) is 18.1. The highest BCUT2D eigenvalue weighted by molar-refractivity contribution is 9.10. The number of hydrogen-bond donors (Lipinski definition) is 1. The highest BCUT2D eigenvalue weighted by Gasteiger charge is 2.39. The molecule has 0 aromatic heterocycles. The quantitative estimate of drug-likeness (QED) is 0.732. The molecule has 2 aliphatic heterocycles. The summed E-state index contributed by atoms with van der Waals surface area (Å²) in [6.07, 6.45) is -0.283. The van der Waals surface area contributed by atoms with Crippen LogP contribution in [0.1, 0.15) is 28.4 Å². The van der Waals surface area contributed by atoms with Gasteiger partial charge in [0, 0.05) is 30.0 Å². The van der Waals surface area contributed by atoms with Crippen molar-refractivity contribution in [2.24, 2.45) is 5.92 Å². The molecule has 1 unspecified atom stereocenters. The third-order valence-electron chi connectivity index (χ3n) is 5.70. The Bertz CT molecular complexity index is 1010. The Morgan fingerprint density at radius 2 is 1.93 bits per heavy atom. The minimum atomic E-state index is -0.683. The average molecular weight is 479 g/mol. The number of benzene rings is 2. The number of rotatable bonds is 3. The van der Waals surface area contributed by atoms with E-state index in [2.05, 4.69) is 21.2 Å². The number of likely N-dealkylation sites (tertiary alicyclic amines) is 1. The van der Waals surface area contributed by atoms with Crippen molar-refractivity contribution in [2.45, 2.75) is 32.4 Å². The summed E-state index contributed by atoms with van der Waals surface area (Å²) in [5.41, 5.74) is 1.72. The fraction of sp³-hybridized carbons (Fsp3) is 0.364. The molecule has 158 valence electrons. The number of halogens is 3. The van der Waals surface area contributed by atoms with E-state index in [1.807, 2.05) is 6.92 Å². The molecule has 30 heavy (non-hydrogen) atoms. The van der Waals surface area contributed by atoms with E-state index in [1.54, 1.807) is 17.9 Å². The van der Waals surface area contributed by atoms with E-state index in [-0.39, 0.29) is 23.8 Å². The Morgan fingerprint density at radius 3 is 2.67 bits per heavy atom. The van der Waals surface area contributed by atoms with Crippen LogP contribution in [0.15, 0.2) is 34.8 Å². The van der Waals surface area contributed by atoms with Crippen LogP contribution in [-0.4, -0.2) is 41.9 Å². The molecule has 8 heteroatoms. The minimum Gasteiger partial charge on any atom is -0.480 e. The fourth-order valence-electron chi connectivity index (χ4n) is 4.11. The van der Waals surface area contributed by atoms with E-state index in [1.165, 1.54) is 24.3 Å². The van der Waals surface area contributed by atoms with Gasteiger partial charge >= 0.3 is 0 Å². The summed E-state index contributed by atoms with van der Waals surface area (Å²) in [4.78, 5) is 27.4. The average Bonchev–Trinajstić information content (AvgIpc) is 3.23. The summed E-state index contributed by atoms with van der Waals surface area (Å²) in [5.74, 6) is -0.860. The van der Waals surface area contributed by atoms with Gasteiger partial charge in [0.25, 0.3) is 11.8 Å². The molecule has 0 bridgehead atoms. The van der Waals surface area contributed by atoms with Crippen LogP contribution in [0.4, 0.5) is 8.78 Å². The summed E-state index contributed by atoms with van der Waals surface area (Å²) < 4.78 is 33.0. The van der Waals surface area contributed by atoms with Crippen molar-refractivity contribution in [2.75, 3.05) is 13.1 Å². The van der Waals surface area contributed by atoms with Crippen molar-refractivity contribution < 1.29 is 23.1 Å². The highest BCUT2D eigenvalue weighted by atomic mass is 79.9. The lowest BCUT2D eigenvalue weighted by atomic mass is 10.0. The van der Waals surface area contributed by atoms with Crippen molar-refractivity contribution in [3.8, 4) is 5.75 Å². The Hall–Kier alpha value is -2.48. The Kier molecular flexibility index (Phi) is 5.53. The van der Waals surface area contributed by atoms with Crippen LogP contribution in [-0.2, 0) is 11.2 Å². The number of aryl methyl sites for hydroxylation is 1. The predicted molar refractivity (Wildman–Crippen MR) is 110 cm³/mol. The molecular formula is C22H21BrF2N2O3. The van der Waals surface area contributed by atoms with Gasteiger partial charge in [-0.05, 0) is 58.1 Å². The Balaban J connectivity index is 1.42. The molecule has 0 aliphatic carbocycles. The van der Waals surface area contributed by atoms with Gasteiger partial charge in [-0.2, -0.15) is 0 Å². The molecule has 3 atom stereocenters. The summed E-state index contributed by atoms with van der Waals surface area (Å²) in [6.45, 7) is 4.48. The second-order valence-corrected chi connectivity index (χ2v) is 8.80. The molecule has 2 aromatic carbocycles. The van der Waals surface area contributed by atoms with Crippen LogP contribution in [0.3, 0.4) is 0 Å². The van der Waals surface area contributed by atoms with Crippen LogP contribution in [0.25, 0.3) is 0 Å². The van der Waals surface area contributed by atoms with Crippen LogP contribution in [0, 0.1) is 24.5 Å². The molecule has 5 nitrogen and oxygen atoms in total. The normalized spacial score (nSPS) is 22.6. The molecule has 1 saturated heterocycles. The van der Waals surface area contributed by atoms with Crippen molar-refractivity contribution in [1.82, 2.24) is 10.2 Å². The lowest BCUT2D eigenvalue weighted by Crippen LogP contribution is -2.43. The van der Waals surface area contributed by atoms with E-state index in [4.69, 9.17) is 4.74 Å². The molecule has 0 radical (unpaired) electrons. The molecule has 1 N–H and O–H groups in total. The lowest BCUT2D eigenvalue weighted by molar-refractivity contribution is -0.137. The number of carbonyl (C=O) groups excluding carboxylic acids is 2. The summed E-state index contributed by atoms with van der Waals surface area (Å²) in [7, 11) is 0. The maximum atomic E-state index is 13.5. The summed E-state index contributed by atoms with van der Waals surface area (Å²) in [5, 5.41) is 2.97. The number of nitrogens with one attached hydrogen (secondary N) is 1. The van der Waals surface area contributed by atoms with Gasteiger partial charge in [-0.25, -0.2) is 8.78 Å². The second-order valence-electron chi connectivity index (χ2n) is 7.94. The van der Waals surface area contributed by atoms with Gasteiger partial charge in [-0.1, -0.05) is 13.0 Å². The molecule has 2 aliphatic rings. The number of nitrogens with zero attached hydrogens (tertiary/aromatic N) is 1. The number of fused-ring (bicyclic) bond motifs is 1. The van der Waals surface area contributed by atoms with Crippen molar-refractivity contribution in [1.29, 1.82) is 0 Å². The first-order chi connectivity index (χ1) is 14.2. The van der Waals surface area contributed by atoms with E-state index in [0.29, 0.717) is 40.9 Å². The molecule has 2 aromatic rings. The van der Waals surface area contributed by atoms with Crippen LogP contribution in [0.2, 0.25) is 0 Å². The molecule has 0 saturated carbocycles. The van der Waals surface area contributed by atoms with Gasteiger partial charge in [-0.15, -0.1) is 0 Å². The van der Waals surface area contributed by atoms with Gasteiger partial charge < -0.3 is 15.0 Å². The van der Waals surface area contributed by atoms with Gasteiger partial charge in [0.1, 0.15) is 17.4 Å². The maximum absolute atomic E-state index is 13.5. The lowest BCUT2D eigenvalue weighted by Gasteiger charge is -2.21. The molecule has 2 amide bonds. The minimum absolute atomic E-state index is 0.0404. The van der Waals surface area contributed by atoms with Gasteiger partial charge in [0.2, 0.25) is 0 Å². The van der Waals surface area contributed by atoms with Crippen LogP contribution < -0.4 is 10.1 Å². The standard InChI is InChI=1S/C22H21BrF2N2O3/c1-11-5-15(25)7-16(23)20(11)21(28)26-17-10-27(9-12(17)2)22(29)19-6-13-3-4-14(24)8-18(13)30-19/h3-5,7-8,12,17,19H,6,9-10H2,1-2H3,(H,26,28)/t12-,17+,19?/m1/s1. The number of hydrogen-bond acceptors (Lipinski definition) is 3. The van der Waals surface area contributed by atoms with E-state index < -0.39 is 17.7 Å². The molecule has 2 heterocycles. The van der Waals surface area contributed by atoms with Gasteiger partial charge in [-0.3, -0.25) is 9.59 Å². The first kappa shape index (κ1) is 20.8. The van der Waals surface area contributed by atoms with Crippen LogP contribution >= 0.6 is 15.9 Å². The van der Waals surface area contributed by atoms with Gasteiger partial charge in [0.05, 0.1) is 11.6 Å². The largest absolute Gasteiger partial charge is 0.480 e. The second kappa shape index (κ2) is 7.98. The van der Waals surface area contributed by atoms with E-state index >= 15 is 0 Å².